The number of aromatic nitrogens is 2. The van der Waals surface area contributed by atoms with Crippen molar-refractivity contribution in [3.05, 3.63) is 18.7 Å². The van der Waals surface area contributed by atoms with Crippen LogP contribution in [0.5, 0.6) is 0 Å². The van der Waals surface area contributed by atoms with Crippen LogP contribution in [0.2, 0.25) is 0 Å². The summed E-state index contributed by atoms with van der Waals surface area (Å²) in [6.07, 6.45) is 9.08. The Morgan fingerprint density at radius 2 is 2.05 bits per heavy atom. The van der Waals surface area contributed by atoms with Gasteiger partial charge in [-0.3, -0.25) is 4.79 Å². The molecule has 0 spiro atoms. The summed E-state index contributed by atoms with van der Waals surface area (Å²) in [5.74, 6) is -2.30. The molecule has 1 amide bonds. The number of carbonyl (C=O) groups is 2. The first kappa shape index (κ1) is 14.6. The molecule has 1 fully saturated rings. The molecule has 0 radical (unpaired) electrons. The molecule has 20 heavy (non-hydrogen) atoms. The van der Waals surface area contributed by atoms with Gasteiger partial charge in [0.1, 0.15) is 0 Å². The van der Waals surface area contributed by atoms with Gasteiger partial charge in [-0.2, -0.15) is 0 Å². The molecule has 0 unspecified atom stereocenters. The van der Waals surface area contributed by atoms with Crippen molar-refractivity contribution in [2.75, 3.05) is 6.54 Å². The molecule has 1 aromatic rings. The summed E-state index contributed by atoms with van der Waals surface area (Å²) in [5, 5.41) is 13.9. The van der Waals surface area contributed by atoms with E-state index < -0.39 is 17.8 Å². The van der Waals surface area contributed by atoms with E-state index in [1.165, 1.54) is 0 Å². The number of nitrogens with one attached hydrogen (secondary N) is 1. The van der Waals surface area contributed by atoms with E-state index in [0.29, 0.717) is 19.4 Å². The Labute approximate surface area is 118 Å². The predicted molar refractivity (Wildman–Crippen MR) is 70.3 cm³/mol. The Hall–Kier alpha value is -1.85. The minimum Gasteiger partial charge on any atom is -0.550 e. The highest BCUT2D eigenvalue weighted by Gasteiger charge is 2.31. The van der Waals surface area contributed by atoms with Crippen molar-refractivity contribution in [2.45, 2.75) is 38.6 Å². The first-order valence-corrected chi connectivity index (χ1v) is 7.13. The molecule has 110 valence electrons. The van der Waals surface area contributed by atoms with Gasteiger partial charge >= 0.3 is 0 Å². The summed E-state index contributed by atoms with van der Waals surface area (Å²) in [6, 6.07) is 0. The van der Waals surface area contributed by atoms with E-state index in [9.17, 15) is 14.7 Å². The molecular formula is C14H20N3O3-. The van der Waals surface area contributed by atoms with Crippen molar-refractivity contribution in [3.63, 3.8) is 0 Å². The van der Waals surface area contributed by atoms with Crippen LogP contribution in [0, 0.1) is 11.8 Å². The summed E-state index contributed by atoms with van der Waals surface area (Å²) in [4.78, 5) is 27.0. The summed E-state index contributed by atoms with van der Waals surface area (Å²) >= 11 is 0. The Balaban J connectivity index is 1.74. The van der Waals surface area contributed by atoms with E-state index in [1.807, 2.05) is 10.8 Å². The van der Waals surface area contributed by atoms with Gasteiger partial charge in [-0.05, 0) is 19.3 Å². The standard InChI is InChI=1S/C14H21N3O3/c18-13(11-4-1-2-5-12(11)14(19)20)16-6-3-8-17-9-7-15-10-17/h7,9-12H,1-6,8H2,(H,16,18)(H,19,20)/p-1/t11-,12-/m1/s1. The van der Waals surface area contributed by atoms with Gasteiger partial charge in [0.05, 0.1) is 6.33 Å². The third-order valence-corrected chi connectivity index (χ3v) is 3.86. The Morgan fingerprint density at radius 3 is 2.70 bits per heavy atom. The second kappa shape index (κ2) is 7.07. The third-order valence-electron chi connectivity index (χ3n) is 3.86. The zero-order valence-corrected chi connectivity index (χ0v) is 11.5. The molecule has 6 heteroatoms. The Morgan fingerprint density at radius 1 is 1.30 bits per heavy atom. The van der Waals surface area contributed by atoms with Crippen molar-refractivity contribution < 1.29 is 14.7 Å². The third kappa shape index (κ3) is 3.82. The van der Waals surface area contributed by atoms with Gasteiger partial charge in [-0.1, -0.05) is 12.8 Å². The number of carboxylic acid groups (broad SMARTS) is 1. The van der Waals surface area contributed by atoms with Crippen LogP contribution in [-0.2, 0) is 16.1 Å². The number of hydrogen-bond donors (Lipinski definition) is 1. The van der Waals surface area contributed by atoms with Crippen LogP contribution < -0.4 is 10.4 Å². The average Bonchev–Trinajstić information content (AvgIpc) is 2.96. The van der Waals surface area contributed by atoms with Crippen LogP contribution >= 0.6 is 0 Å². The lowest BCUT2D eigenvalue weighted by atomic mass is 9.79. The fourth-order valence-electron chi connectivity index (χ4n) is 2.75. The second-order valence-corrected chi connectivity index (χ2v) is 5.26. The van der Waals surface area contributed by atoms with Gasteiger partial charge < -0.3 is 19.8 Å². The molecule has 0 aliphatic heterocycles. The van der Waals surface area contributed by atoms with Crippen LogP contribution in [0.15, 0.2) is 18.7 Å². The van der Waals surface area contributed by atoms with Gasteiger partial charge in [-0.15, -0.1) is 0 Å². The minimum absolute atomic E-state index is 0.149. The number of carboxylic acids is 1. The van der Waals surface area contributed by atoms with Crippen LogP contribution in [0.3, 0.4) is 0 Å². The molecule has 1 N–H and O–H groups in total. The summed E-state index contributed by atoms with van der Waals surface area (Å²) in [6.45, 7) is 1.34. The van der Waals surface area contributed by atoms with Gasteiger partial charge in [0, 0.05) is 43.3 Å². The highest BCUT2D eigenvalue weighted by atomic mass is 16.4. The van der Waals surface area contributed by atoms with Crippen molar-refractivity contribution in [1.29, 1.82) is 0 Å². The van der Waals surface area contributed by atoms with E-state index >= 15 is 0 Å². The van der Waals surface area contributed by atoms with Crippen LogP contribution in [0.25, 0.3) is 0 Å². The van der Waals surface area contributed by atoms with Crippen LogP contribution in [0.1, 0.15) is 32.1 Å². The number of hydrogen-bond acceptors (Lipinski definition) is 4. The monoisotopic (exact) mass is 278 g/mol. The highest BCUT2D eigenvalue weighted by Crippen LogP contribution is 2.29. The predicted octanol–water partition coefficient (Wildman–Crippen LogP) is -0.0543. The molecule has 6 nitrogen and oxygen atoms in total. The van der Waals surface area contributed by atoms with Gasteiger partial charge in [0.15, 0.2) is 0 Å². The summed E-state index contributed by atoms with van der Waals surface area (Å²) < 4.78 is 1.94. The molecule has 1 heterocycles. The normalized spacial score (nSPS) is 22.4. The maximum Gasteiger partial charge on any atom is 0.223 e. The van der Waals surface area contributed by atoms with E-state index in [1.54, 1.807) is 12.5 Å². The molecule has 1 aromatic heterocycles. The molecule has 2 atom stereocenters. The lowest BCUT2D eigenvalue weighted by molar-refractivity contribution is -0.314. The number of rotatable bonds is 6. The van der Waals surface area contributed by atoms with E-state index in [2.05, 4.69) is 10.3 Å². The zero-order valence-electron chi connectivity index (χ0n) is 11.5. The molecule has 1 aliphatic carbocycles. The van der Waals surface area contributed by atoms with Crippen molar-refractivity contribution in [1.82, 2.24) is 14.9 Å². The molecule has 0 bridgehead atoms. The fourth-order valence-corrected chi connectivity index (χ4v) is 2.75. The van der Waals surface area contributed by atoms with E-state index in [-0.39, 0.29) is 5.91 Å². The molecule has 1 saturated carbocycles. The van der Waals surface area contributed by atoms with Crippen molar-refractivity contribution in [3.8, 4) is 0 Å². The summed E-state index contributed by atoms with van der Waals surface area (Å²) in [5.41, 5.74) is 0. The van der Waals surface area contributed by atoms with E-state index in [4.69, 9.17) is 0 Å². The largest absolute Gasteiger partial charge is 0.550 e. The lowest BCUT2D eigenvalue weighted by Crippen LogP contribution is -2.44. The Bertz CT molecular complexity index is 445. The fraction of sp³-hybridized carbons (Fsp3) is 0.643. The molecule has 1 aliphatic rings. The number of carbonyl (C=O) groups excluding carboxylic acids is 2. The maximum atomic E-state index is 12.1. The first-order valence-electron chi connectivity index (χ1n) is 7.13. The SMILES string of the molecule is O=C([O-])[C@@H]1CCCC[C@H]1C(=O)NCCCn1ccnc1. The van der Waals surface area contributed by atoms with Crippen molar-refractivity contribution >= 4 is 11.9 Å². The lowest BCUT2D eigenvalue weighted by Gasteiger charge is -2.31. The molecule has 2 rings (SSSR count). The average molecular weight is 278 g/mol. The smallest absolute Gasteiger partial charge is 0.223 e. The first-order chi connectivity index (χ1) is 9.68. The van der Waals surface area contributed by atoms with E-state index in [0.717, 1.165) is 25.8 Å². The van der Waals surface area contributed by atoms with Crippen LogP contribution in [0.4, 0.5) is 0 Å². The highest BCUT2D eigenvalue weighted by molar-refractivity contribution is 5.84. The molecule has 0 aromatic carbocycles. The van der Waals surface area contributed by atoms with Crippen LogP contribution in [-0.4, -0.2) is 28.0 Å². The number of imidazole rings is 1. The summed E-state index contributed by atoms with van der Waals surface area (Å²) in [7, 11) is 0. The second-order valence-electron chi connectivity index (χ2n) is 5.26. The number of amides is 1. The zero-order chi connectivity index (χ0) is 14.4. The van der Waals surface area contributed by atoms with Gasteiger partial charge in [0.25, 0.3) is 0 Å². The molecular weight excluding hydrogens is 258 g/mol. The topological polar surface area (TPSA) is 87.0 Å². The number of aryl methyl sites for hydroxylation is 1. The van der Waals surface area contributed by atoms with Gasteiger partial charge in [0.2, 0.25) is 5.91 Å². The Kier molecular flexibility index (Phi) is 5.15. The quantitative estimate of drug-likeness (QED) is 0.739. The number of aliphatic carboxylic acids is 1. The van der Waals surface area contributed by atoms with Crippen molar-refractivity contribution in [2.24, 2.45) is 11.8 Å². The molecule has 0 saturated heterocycles. The minimum atomic E-state index is -1.09. The van der Waals surface area contributed by atoms with Gasteiger partial charge in [-0.25, -0.2) is 4.98 Å². The number of nitrogens with zero attached hydrogens (tertiary/aromatic N) is 2. The maximum absolute atomic E-state index is 12.1.